The topological polar surface area (TPSA) is 74.6 Å². The summed E-state index contributed by atoms with van der Waals surface area (Å²) < 4.78 is 19.0. The number of aryl methyl sites for hydroxylation is 2. The molecule has 7 nitrogen and oxygen atoms in total. The van der Waals surface area contributed by atoms with Crippen LogP contribution in [0.4, 0.5) is 0 Å². The maximum absolute atomic E-state index is 12.7. The summed E-state index contributed by atoms with van der Waals surface area (Å²) >= 11 is 0. The number of methoxy groups -OCH3 is 1. The monoisotopic (exact) mass is 473 g/mol. The van der Waals surface area contributed by atoms with Crippen molar-refractivity contribution in [3.8, 4) is 17.2 Å². The molecule has 0 aliphatic rings. The van der Waals surface area contributed by atoms with Crippen LogP contribution in [0, 0.1) is 13.8 Å². The molecule has 0 spiro atoms. The molecular weight excluding hydrogens is 442 g/mol. The van der Waals surface area contributed by atoms with Crippen LogP contribution in [0.2, 0.25) is 0 Å². The van der Waals surface area contributed by atoms with Crippen LogP contribution in [-0.4, -0.2) is 35.8 Å². The molecule has 0 radical (unpaired) electrons. The third-order valence-electron chi connectivity index (χ3n) is 5.79. The number of para-hydroxylation sites is 2. The van der Waals surface area contributed by atoms with Crippen LogP contribution in [-0.2, 0) is 11.3 Å². The summed E-state index contributed by atoms with van der Waals surface area (Å²) in [6.45, 7) is 6.87. The Morgan fingerprint density at radius 2 is 1.74 bits per heavy atom. The van der Waals surface area contributed by atoms with Gasteiger partial charge in [0.15, 0.2) is 6.61 Å². The Morgan fingerprint density at radius 3 is 2.51 bits per heavy atom. The van der Waals surface area contributed by atoms with Crippen LogP contribution in [0.25, 0.3) is 11.0 Å². The summed E-state index contributed by atoms with van der Waals surface area (Å²) in [6, 6.07) is 21.1. The number of hydrogen-bond donors (Lipinski definition) is 1. The molecule has 7 heteroatoms. The molecule has 0 bridgehead atoms. The highest BCUT2D eigenvalue weighted by Crippen LogP contribution is 2.22. The number of rotatable bonds is 10. The Kier molecular flexibility index (Phi) is 7.55. The van der Waals surface area contributed by atoms with E-state index in [1.165, 1.54) is 0 Å². The van der Waals surface area contributed by atoms with Crippen LogP contribution in [0.5, 0.6) is 17.2 Å². The van der Waals surface area contributed by atoms with Crippen LogP contribution in [0.3, 0.4) is 0 Å². The molecule has 182 valence electrons. The van der Waals surface area contributed by atoms with E-state index in [0.29, 0.717) is 13.2 Å². The molecular formula is C28H31N3O4. The number of imidazole rings is 1. The predicted octanol–water partition coefficient (Wildman–Crippen LogP) is 5.00. The van der Waals surface area contributed by atoms with E-state index >= 15 is 0 Å². The minimum Gasteiger partial charge on any atom is -0.497 e. The van der Waals surface area contributed by atoms with Gasteiger partial charge in [0.05, 0.1) is 30.7 Å². The summed E-state index contributed by atoms with van der Waals surface area (Å²) in [6.07, 6.45) is 0. The average Bonchev–Trinajstić information content (AvgIpc) is 3.24. The molecule has 1 N–H and O–H groups in total. The lowest BCUT2D eigenvalue weighted by atomic mass is 10.1. The van der Waals surface area contributed by atoms with E-state index in [2.05, 4.69) is 9.88 Å². The molecule has 0 aliphatic heterocycles. The van der Waals surface area contributed by atoms with E-state index in [4.69, 9.17) is 19.2 Å². The van der Waals surface area contributed by atoms with Gasteiger partial charge in [0.2, 0.25) is 0 Å². The van der Waals surface area contributed by atoms with Gasteiger partial charge in [0, 0.05) is 0 Å². The van der Waals surface area contributed by atoms with Crippen LogP contribution in [0.1, 0.15) is 29.9 Å². The van der Waals surface area contributed by atoms with Crippen molar-refractivity contribution >= 4 is 16.9 Å². The second-order valence-electron chi connectivity index (χ2n) is 8.48. The molecule has 4 aromatic rings. The first-order valence-corrected chi connectivity index (χ1v) is 11.7. The number of carbonyl (C=O) groups is 1. The Balaban J connectivity index is 1.43. The van der Waals surface area contributed by atoms with E-state index in [1.54, 1.807) is 7.11 Å². The molecule has 1 heterocycles. The minimum absolute atomic E-state index is 0.0601. The summed E-state index contributed by atoms with van der Waals surface area (Å²) in [7, 11) is 1.64. The molecule has 35 heavy (non-hydrogen) atoms. The fourth-order valence-corrected chi connectivity index (χ4v) is 3.94. The third-order valence-corrected chi connectivity index (χ3v) is 5.79. The van der Waals surface area contributed by atoms with Gasteiger partial charge in [-0.25, -0.2) is 4.98 Å². The zero-order valence-electron chi connectivity index (χ0n) is 20.6. The smallest absolute Gasteiger partial charge is 0.258 e. The summed E-state index contributed by atoms with van der Waals surface area (Å²) in [5, 5.41) is 3.02. The second kappa shape index (κ2) is 11.0. The largest absolute Gasteiger partial charge is 0.497 e. The first kappa shape index (κ1) is 24.1. The molecule has 0 aliphatic carbocycles. The van der Waals surface area contributed by atoms with Crippen LogP contribution >= 0.6 is 0 Å². The van der Waals surface area contributed by atoms with E-state index in [9.17, 15) is 4.79 Å². The van der Waals surface area contributed by atoms with Gasteiger partial charge in [-0.2, -0.15) is 0 Å². The van der Waals surface area contributed by atoms with Crippen LogP contribution < -0.4 is 19.5 Å². The van der Waals surface area contributed by atoms with Gasteiger partial charge in [-0.1, -0.05) is 24.3 Å². The number of carbonyl (C=O) groups excluding carboxylic acids is 1. The van der Waals surface area contributed by atoms with Gasteiger partial charge in [-0.3, -0.25) is 4.79 Å². The van der Waals surface area contributed by atoms with Crippen molar-refractivity contribution in [1.82, 2.24) is 14.9 Å². The van der Waals surface area contributed by atoms with E-state index < -0.39 is 0 Å². The molecule has 1 aromatic heterocycles. The number of hydrogen-bond acceptors (Lipinski definition) is 5. The predicted molar refractivity (Wildman–Crippen MR) is 136 cm³/mol. The first-order chi connectivity index (χ1) is 16.9. The lowest BCUT2D eigenvalue weighted by molar-refractivity contribution is -0.123. The van der Waals surface area contributed by atoms with Gasteiger partial charge in [-0.15, -0.1) is 0 Å². The molecule has 0 fully saturated rings. The molecule has 4 rings (SSSR count). The summed E-state index contributed by atoms with van der Waals surface area (Å²) in [4.78, 5) is 17.5. The molecule has 1 atom stereocenters. The fourth-order valence-electron chi connectivity index (χ4n) is 3.94. The number of nitrogens with one attached hydrogen (secondary N) is 1. The average molecular weight is 474 g/mol. The van der Waals surface area contributed by atoms with Crippen LogP contribution in [0.15, 0.2) is 66.7 Å². The minimum atomic E-state index is -0.307. The number of aromatic nitrogens is 2. The van der Waals surface area contributed by atoms with Gasteiger partial charge < -0.3 is 24.1 Å². The van der Waals surface area contributed by atoms with E-state index in [1.807, 2.05) is 87.5 Å². The molecule has 0 saturated heterocycles. The van der Waals surface area contributed by atoms with E-state index in [0.717, 1.165) is 45.2 Å². The third kappa shape index (κ3) is 5.93. The van der Waals surface area contributed by atoms with Gasteiger partial charge >= 0.3 is 0 Å². The van der Waals surface area contributed by atoms with Gasteiger partial charge in [0.25, 0.3) is 5.91 Å². The quantitative estimate of drug-likeness (QED) is 0.351. The van der Waals surface area contributed by atoms with Crippen molar-refractivity contribution in [3.63, 3.8) is 0 Å². The van der Waals surface area contributed by atoms with Crippen molar-refractivity contribution in [2.75, 3.05) is 20.3 Å². The Labute approximate surface area is 205 Å². The van der Waals surface area contributed by atoms with Crippen molar-refractivity contribution in [3.05, 3.63) is 83.7 Å². The highest BCUT2D eigenvalue weighted by Gasteiger charge is 2.19. The fraction of sp³-hybridized carbons (Fsp3) is 0.286. The highest BCUT2D eigenvalue weighted by atomic mass is 16.5. The van der Waals surface area contributed by atoms with E-state index in [-0.39, 0.29) is 18.6 Å². The van der Waals surface area contributed by atoms with Crippen molar-refractivity contribution < 1.29 is 19.0 Å². The number of ether oxygens (including phenoxy) is 3. The number of benzene rings is 3. The summed E-state index contributed by atoms with van der Waals surface area (Å²) in [5.41, 5.74) is 3.95. The highest BCUT2D eigenvalue weighted by molar-refractivity contribution is 5.79. The van der Waals surface area contributed by atoms with Crippen molar-refractivity contribution in [2.45, 2.75) is 33.4 Å². The Bertz CT molecular complexity index is 1300. The van der Waals surface area contributed by atoms with Crippen molar-refractivity contribution in [1.29, 1.82) is 0 Å². The normalized spacial score (nSPS) is 11.8. The Hall–Kier alpha value is -4.00. The Morgan fingerprint density at radius 1 is 1.00 bits per heavy atom. The number of amides is 1. The van der Waals surface area contributed by atoms with Gasteiger partial charge in [0.1, 0.15) is 29.7 Å². The first-order valence-electron chi connectivity index (χ1n) is 11.7. The zero-order chi connectivity index (χ0) is 24.8. The lowest BCUT2D eigenvalue weighted by Crippen LogP contribution is -2.33. The molecule has 3 aromatic carbocycles. The SMILES string of the molecule is COc1ccc(OCCn2c(C(C)NC(=O)COc3cc(C)ccc3C)nc3ccccc32)cc1. The molecule has 0 saturated carbocycles. The van der Waals surface area contributed by atoms with Crippen molar-refractivity contribution in [2.24, 2.45) is 0 Å². The maximum Gasteiger partial charge on any atom is 0.258 e. The number of fused-ring (bicyclic) bond motifs is 1. The number of nitrogens with zero attached hydrogens (tertiary/aromatic N) is 2. The molecule has 1 amide bonds. The lowest BCUT2D eigenvalue weighted by Gasteiger charge is -2.17. The maximum atomic E-state index is 12.7. The summed E-state index contributed by atoms with van der Waals surface area (Å²) in [5.74, 6) is 2.83. The van der Waals surface area contributed by atoms with Gasteiger partial charge in [-0.05, 0) is 74.4 Å². The standard InChI is InChI=1S/C28H31N3O4/c1-19-9-10-20(2)26(17-19)35-18-27(32)29-21(3)28-30-24-7-5-6-8-25(24)31(28)15-16-34-23-13-11-22(33-4)12-14-23/h5-14,17,21H,15-16,18H2,1-4H3,(H,29,32). The second-order valence-corrected chi connectivity index (χ2v) is 8.48. The molecule has 1 unspecified atom stereocenters. The zero-order valence-corrected chi connectivity index (χ0v) is 20.6.